The molecule has 0 radical (unpaired) electrons. The predicted octanol–water partition coefficient (Wildman–Crippen LogP) is 3.24. The van der Waals surface area contributed by atoms with Crippen molar-refractivity contribution < 1.29 is 17.9 Å². The van der Waals surface area contributed by atoms with E-state index in [4.69, 9.17) is 9.47 Å². The zero-order valence-electron chi connectivity index (χ0n) is 14.5. The number of ether oxygens (including phenoxy) is 2. The lowest BCUT2D eigenvalue weighted by atomic mass is 10.1. The maximum absolute atomic E-state index is 12.9. The Kier molecular flexibility index (Phi) is 5.30. The Hall–Kier alpha value is -2.05. The fourth-order valence-corrected chi connectivity index (χ4v) is 3.85. The smallest absolute Gasteiger partial charge is 0.264 e. The zero-order valence-corrected chi connectivity index (χ0v) is 15.3. The molecular formula is C19H23NO4S. The minimum absolute atomic E-state index is 0.169. The summed E-state index contributed by atoms with van der Waals surface area (Å²) in [6.07, 6.45) is 1.84. The molecule has 2 aromatic rings. The van der Waals surface area contributed by atoms with Crippen LogP contribution in [0.4, 0.5) is 5.69 Å². The minimum Gasteiger partial charge on any atom is -0.491 e. The van der Waals surface area contributed by atoms with Crippen LogP contribution in [-0.2, 0) is 21.2 Å². The largest absolute Gasteiger partial charge is 0.491 e. The van der Waals surface area contributed by atoms with Crippen molar-refractivity contribution in [1.82, 2.24) is 0 Å². The molecular weight excluding hydrogens is 338 g/mol. The van der Waals surface area contributed by atoms with Gasteiger partial charge in [0, 0.05) is 7.05 Å². The summed E-state index contributed by atoms with van der Waals surface area (Å²) in [6.45, 7) is 3.30. The molecule has 1 unspecified atom stereocenters. The fourth-order valence-electron chi connectivity index (χ4n) is 2.60. The van der Waals surface area contributed by atoms with Crippen LogP contribution in [0.2, 0.25) is 0 Å². The predicted molar refractivity (Wildman–Crippen MR) is 97.7 cm³/mol. The molecule has 3 rings (SSSR count). The molecule has 2 aromatic carbocycles. The molecule has 0 bridgehead atoms. The number of anilines is 1. The maximum Gasteiger partial charge on any atom is 0.264 e. The van der Waals surface area contributed by atoms with Crippen LogP contribution in [0.15, 0.2) is 53.4 Å². The number of nitrogens with zero attached hydrogens (tertiary/aromatic N) is 1. The van der Waals surface area contributed by atoms with E-state index >= 15 is 0 Å². The highest BCUT2D eigenvalue weighted by atomic mass is 32.2. The first-order valence-electron chi connectivity index (χ1n) is 8.43. The average Bonchev–Trinajstić information content (AvgIpc) is 3.45. The van der Waals surface area contributed by atoms with E-state index in [1.54, 1.807) is 37.4 Å². The lowest BCUT2D eigenvalue weighted by Gasteiger charge is -2.20. The highest BCUT2D eigenvalue weighted by Gasteiger charge is 2.25. The van der Waals surface area contributed by atoms with E-state index < -0.39 is 10.0 Å². The number of para-hydroxylation sites is 1. The number of rotatable bonds is 8. The van der Waals surface area contributed by atoms with Crippen LogP contribution in [-0.4, -0.2) is 34.8 Å². The highest BCUT2D eigenvalue weighted by Crippen LogP contribution is 2.28. The third-order valence-electron chi connectivity index (χ3n) is 4.16. The Morgan fingerprint density at radius 2 is 1.92 bits per heavy atom. The van der Waals surface area contributed by atoms with Gasteiger partial charge in [-0.3, -0.25) is 4.31 Å². The van der Waals surface area contributed by atoms with E-state index in [0.29, 0.717) is 12.3 Å². The van der Waals surface area contributed by atoms with Gasteiger partial charge in [0.25, 0.3) is 10.0 Å². The number of hydrogen-bond donors (Lipinski definition) is 0. The normalized spacial score (nSPS) is 16.5. The molecule has 0 saturated carbocycles. The topological polar surface area (TPSA) is 59.1 Å². The second kappa shape index (κ2) is 7.45. The van der Waals surface area contributed by atoms with Gasteiger partial charge in [0.05, 0.1) is 17.2 Å². The number of benzene rings is 2. The third kappa shape index (κ3) is 4.14. The summed E-state index contributed by atoms with van der Waals surface area (Å²) in [6, 6.07) is 14.1. The van der Waals surface area contributed by atoms with Gasteiger partial charge in [-0.25, -0.2) is 8.42 Å². The number of aryl methyl sites for hydroxylation is 1. The van der Waals surface area contributed by atoms with Crippen molar-refractivity contribution in [3.63, 3.8) is 0 Å². The van der Waals surface area contributed by atoms with Gasteiger partial charge in [-0.05, 0) is 42.3 Å². The van der Waals surface area contributed by atoms with Crippen molar-refractivity contribution >= 4 is 15.7 Å². The summed E-state index contributed by atoms with van der Waals surface area (Å²) in [4.78, 5) is 0.275. The Morgan fingerprint density at radius 3 is 2.56 bits per heavy atom. The molecule has 5 nitrogen and oxygen atoms in total. The van der Waals surface area contributed by atoms with Crippen molar-refractivity contribution in [2.24, 2.45) is 0 Å². The van der Waals surface area contributed by atoms with Crippen molar-refractivity contribution in [1.29, 1.82) is 0 Å². The lowest BCUT2D eigenvalue weighted by Crippen LogP contribution is -2.26. The first-order valence-corrected chi connectivity index (χ1v) is 9.87. The molecule has 1 saturated heterocycles. The summed E-state index contributed by atoms with van der Waals surface area (Å²) >= 11 is 0. The van der Waals surface area contributed by atoms with Gasteiger partial charge in [0.1, 0.15) is 18.5 Å². The van der Waals surface area contributed by atoms with E-state index in [1.807, 2.05) is 18.2 Å². The molecule has 6 heteroatoms. The molecule has 134 valence electrons. The summed E-state index contributed by atoms with van der Waals surface area (Å²) < 4.78 is 38.1. The van der Waals surface area contributed by atoms with Crippen LogP contribution < -0.4 is 9.04 Å². The van der Waals surface area contributed by atoms with E-state index in [9.17, 15) is 8.42 Å². The summed E-state index contributed by atoms with van der Waals surface area (Å²) in [7, 11) is -2.05. The quantitative estimate of drug-likeness (QED) is 0.677. The van der Waals surface area contributed by atoms with Crippen LogP contribution >= 0.6 is 0 Å². The molecule has 0 aliphatic carbocycles. The van der Waals surface area contributed by atoms with Crippen molar-refractivity contribution in [3.05, 3.63) is 54.1 Å². The number of epoxide rings is 1. The van der Waals surface area contributed by atoms with Gasteiger partial charge >= 0.3 is 0 Å². The van der Waals surface area contributed by atoms with Gasteiger partial charge < -0.3 is 9.47 Å². The second-order valence-electron chi connectivity index (χ2n) is 6.09. The molecule has 0 spiro atoms. The monoisotopic (exact) mass is 361 g/mol. The second-order valence-corrected chi connectivity index (χ2v) is 8.06. The molecule has 1 aliphatic heterocycles. The zero-order chi connectivity index (χ0) is 17.9. The van der Waals surface area contributed by atoms with Crippen LogP contribution in [0.1, 0.15) is 18.9 Å². The van der Waals surface area contributed by atoms with E-state index in [2.05, 4.69) is 6.92 Å². The standard InChI is InChI=1S/C19H23NO4S/c1-3-7-15-12-18(10-11-19(15)24-14-17-13-23-17)25(21,22)20(2)16-8-5-4-6-9-16/h4-6,8-12,17H,3,7,13-14H2,1-2H3. The Morgan fingerprint density at radius 1 is 1.20 bits per heavy atom. The number of sulfonamides is 1. The van der Waals surface area contributed by atoms with Gasteiger partial charge in [-0.1, -0.05) is 31.5 Å². The van der Waals surface area contributed by atoms with E-state index in [0.717, 1.165) is 30.8 Å². The van der Waals surface area contributed by atoms with Gasteiger partial charge in [-0.2, -0.15) is 0 Å². The van der Waals surface area contributed by atoms with E-state index in [-0.39, 0.29) is 11.0 Å². The van der Waals surface area contributed by atoms with E-state index in [1.165, 1.54) is 4.31 Å². The first-order chi connectivity index (χ1) is 12.0. The van der Waals surface area contributed by atoms with Gasteiger partial charge in [0.15, 0.2) is 0 Å². The Balaban J connectivity index is 1.88. The Bertz CT molecular complexity index is 817. The molecule has 25 heavy (non-hydrogen) atoms. The van der Waals surface area contributed by atoms with Crippen LogP contribution in [0.3, 0.4) is 0 Å². The summed E-state index contributed by atoms with van der Waals surface area (Å²) in [5.41, 5.74) is 1.54. The minimum atomic E-state index is -3.62. The highest BCUT2D eigenvalue weighted by molar-refractivity contribution is 7.92. The average molecular weight is 361 g/mol. The van der Waals surface area contributed by atoms with Crippen molar-refractivity contribution in [2.75, 3.05) is 24.6 Å². The molecule has 0 N–H and O–H groups in total. The molecule has 0 amide bonds. The van der Waals surface area contributed by atoms with Gasteiger partial charge in [-0.15, -0.1) is 0 Å². The van der Waals surface area contributed by atoms with Crippen LogP contribution in [0, 0.1) is 0 Å². The molecule has 1 atom stereocenters. The van der Waals surface area contributed by atoms with Crippen LogP contribution in [0.5, 0.6) is 5.75 Å². The Labute approximate surface area is 149 Å². The maximum atomic E-state index is 12.9. The SMILES string of the molecule is CCCc1cc(S(=O)(=O)N(C)c2ccccc2)ccc1OCC1CO1. The first kappa shape index (κ1) is 17.8. The summed E-state index contributed by atoms with van der Waals surface area (Å²) in [5.74, 6) is 0.735. The molecule has 1 aliphatic rings. The molecule has 1 fully saturated rings. The van der Waals surface area contributed by atoms with Crippen LogP contribution in [0.25, 0.3) is 0 Å². The fraction of sp³-hybridized carbons (Fsp3) is 0.368. The molecule has 0 aromatic heterocycles. The third-order valence-corrected chi connectivity index (χ3v) is 5.94. The number of hydrogen-bond acceptors (Lipinski definition) is 4. The molecule has 1 heterocycles. The lowest BCUT2D eigenvalue weighted by molar-refractivity contribution is 0.261. The summed E-state index contributed by atoms with van der Waals surface area (Å²) in [5, 5.41) is 0. The van der Waals surface area contributed by atoms with Crippen molar-refractivity contribution in [2.45, 2.75) is 30.8 Å². The van der Waals surface area contributed by atoms with Gasteiger partial charge in [0.2, 0.25) is 0 Å². The van der Waals surface area contributed by atoms with Crippen molar-refractivity contribution in [3.8, 4) is 5.75 Å².